The number of benzene rings is 2. The summed E-state index contributed by atoms with van der Waals surface area (Å²) in [5.74, 6) is -3.09. The standard InChI is InChI=1S/C27H36F2N2O5Si/c1-27(2,3)37(5,6)36-13-12-31-16-20(23-21(28)14-19(34-4)15-22(23)29)24(25(31)32)30-26(33)35-17-18-10-8-7-9-11-18/h7-11,14-15,20,24H,12-13,16-17H2,1-6H3,(H,30,33)/t20-,24-/m0/s1. The molecule has 0 aliphatic carbocycles. The van der Waals surface area contributed by atoms with E-state index < -0.39 is 43.9 Å². The number of ether oxygens (including phenoxy) is 2. The zero-order valence-electron chi connectivity index (χ0n) is 22.3. The minimum Gasteiger partial charge on any atom is -0.497 e. The van der Waals surface area contributed by atoms with Crippen LogP contribution in [0.4, 0.5) is 13.6 Å². The number of methoxy groups -OCH3 is 1. The number of hydrogen-bond acceptors (Lipinski definition) is 5. The number of nitrogens with one attached hydrogen (secondary N) is 1. The number of rotatable bonds is 9. The van der Waals surface area contributed by atoms with Crippen LogP contribution >= 0.6 is 0 Å². The number of carbonyl (C=O) groups is 2. The minimum absolute atomic E-state index is 0.00637. The summed E-state index contributed by atoms with van der Waals surface area (Å²) in [5.41, 5.74) is 0.485. The molecule has 2 atom stereocenters. The summed E-state index contributed by atoms with van der Waals surface area (Å²) in [5, 5.41) is 2.53. The Balaban J connectivity index is 1.78. The van der Waals surface area contributed by atoms with Crippen molar-refractivity contribution in [3.05, 3.63) is 65.2 Å². The van der Waals surface area contributed by atoms with Crippen LogP contribution in [0.5, 0.6) is 5.75 Å². The summed E-state index contributed by atoms with van der Waals surface area (Å²) < 4.78 is 46.4. The van der Waals surface area contributed by atoms with E-state index in [0.717, 1.165) is 17.7 Å². The number of halogens is 2. The van der Waals surface area contributed by atoms with E-state index in [1.54, 1.807) is 12.1 Å². The molecule has 2 aromatic carbocycles. The van der Waals surface area contributed by atoms with Gasteiger partial charge < -0.3 is 24.1 Å². The fourth-order valence-electron chi connectivity index (χ4n) is 3.98. The Morgan fingerprint density at radius 1 is 1.14 bits per heavy atom. The van der Waals surface area contributed by atoms with Gasteiger partial charge in [-0.25, -0.2) is 13.6 Å². The molecule has 3 rings (SSSR count). The Bertz CT molecular complexity index is 1080. The first-order valence-electron chi connectivity index (χ1n) is 12.3. The van der Waals surface area contributed by atoms with Gasteiger partial charge in [0.25, 0.3) is 0 Å². The molecule has 1 saturated heterocycles. The van der Waals surface area contributed by atoms with Gasteiger partial charge in [0.1, 0.15) is 30.0 Å². The van der Waals surface area contributed by atoms with Crippen LogP contribution in [0.3, 0.4) is 0 Å². The Hall–Kier alpha value is -2.98. The molecule has 0 saturated carbocycles. The number of alkyl carbamates (subject to hydrolysis) is 1. The highest BCUT2D eigenvalue weighted by molar-refractivity contribution is 6.74. The van der Waals surface area contributed by atoms with Crippen molar-refractivity contribution in [3.63, 3.8) is 0 Å². The summed E-state index contributed by atoms with van der Waals surface area (Å²) >= 11 is 0. The molecule has 0 radical (unpaired) electrons. The molecule has 2 aromatic rings. The van der Waals surface area contributed by atoms with Gasteiger partial charge in [-0.1, -0.05) is 51.1 Å². The van der Waals surface area contributed by atoms with Crippen LogP contribution in [0.2, 0.25) is 18.1 Å². The van der Waals surface area contributed by atoms with E-state index >= 15 is 8.78 Å². The molecule has 202 valence electrons. The molecule has 1 N–H and O–H groups in total. The first kappa shape index (κ1) is 28.6. The summed E-state index contributed by atoms with van der Waals surface area (Å²) in [6.07, 6.45) is -0.846. The van der Waals surface area contributed by atoms with Crippen LogP contribution in [0, 0.1) is 11.6 Å². The molecular formula is C27H36F2N2O5Si. The van der Waals surface area contributed by atoms with Crippen molar-refractivity contribution in [3.8, 4) is 5.75 Å². The van der Waals surface area contributed by atoms with E-state index in [1.165, 1.54) is 12.0 Å². The largest absolute Gasteiger partial charge is 0.497 e. The first-order chi connectivity index (χ1) is 17.3. The number of amides is 2. The molecule has 1 heterocycles. The topological polar surface area (TPSA) is 77.1 Å². The van der Waals surface area contributed by atoms with Crippen LogP contribution in [-0.2, 0) is 20.6 Å². The lowest BCUT2D eigenvalue weighted by molar-refractivity contribution is -0.129. The van der Waals surface area contributed by atoms with Crippen LogP contribution < -0.4 is 10.1 Å². The molecule has 7 nitrogen and oxygen atoms in total. The Morgan fingerprint density at radius 3 is 2.32 bits per heavy atom. The van der Waals surface area contributed by atoms with Gasteiger partial charge in [-0.2, -0.15) is 0 Å². The highest BCUT2D eigenvalue weighted by Crippen LogP contribution is 2.37. The fourth-order valence-corrected chi connectivity index (χ4v) is 5.01. The summed E-state index contributed by atoms with van der Waals surface area (Å²) in [6, 6.07) is 9.98. The molecule has 0 bridgehead atoms. The molecule has 1 fully saturated rings. The predicted octanol–water partition coefficient (Wildman–Crippen LogP) is 5.22. The number of hydrogen-bond donors (Lipinski definition) is 1. The van der Waals surface area contributed by atoms with Gasteiger partial charge in [0, 0.05) is 36.7 Å². The number of nitrogens with zero attached hydrogens (tertiary/aromatic N) is 1. The lowest BCUT2D eigenvalue weighted by atomic mass is 9.93. The molecule has 37 heavy (non-hydrogen) atoms. The van der Waals surface area contributed by atoms with Crippen molar-refractivity contribution < 1.29 is 32.3 Å². The molecule has 2 amide bonds. The summed E-state index contributed by atoms with van der Waals surface area (Å²) in [4.78, 5) is 27.4. The van der Waals surface area contributed by atoms with E-state index in [0.29, 0.717) is 0 Å². The third-order valence-electron chi connectivity index (χ3n) is 7.17. The van der Waals surface area contributed by atoms with Gasteiger partial charge in [0.05, 0.1) is 13.7 Å². The van der Waals surface area contributed by atoms with Crippen molar-refractivity contribution in [2.45, 2.75) is 57.5 Å². The van der Waals surface area contributed by atoms with Gasteiger partial charge in [0.2, 0.25) is 5.91 Å². The molecule has 10 heteroatoms. The van der Waals surface area contributed by atoms with Crippen LogP contribution in [-0.4, -0.2) is 58.1 Å². The molecule has 0 spiro atoms. The second-order valence-corrected chi connectivity index (χ2v) is 15.5. The van der Waals surface area contributed by atoms with Gasteiger partial charge in [0.15, 0.2) is 8.32 Å². The van der Waals surface area contributed by atoms with Gasteiger partial charge in [-0.05, 0) is 23.7 Å². The van der Waals surface area contributed by atoms with Crippen molar-refractivity contribution in [2.24, 2.45) is 0 Å². The second-order valence-electron chi connectivity index (χ2n) is 10.7. The normalized spacial score (nSPS) is 18.2. The van der Waals surface area contributed by atoms with E-state index in [4.69, 9.17) is 13.9 Å². The summed E-state index contributed by atoms with van der Waals surface area (Å²) in [7, 11) is -0.746. The SMILES string of the molecule is COc1cc(F)c([C@@H]2CN(CCO[Si](C)(C)C(C)(C)C)C(=O)[C@H]2NC(=O)OCc2ccccc2)c(F)c1. The quantitative estimate of drug-likeness (QED) is 0.447. The van der Waals surface area contributed by atoms with Gasteiger partial charge in [-0.3, -0.25) is 4.79 Å². The predicted molar refractivity (Wildman–Crippen MR) is 139 cm³/mol. The maximum absolute atomic E-state index is 15.0. The second kappa shape index (κ2) is 11.6. The highest BCUT2D eigenvalue weighted by Gasteiger charge is 2.45. The van der Waals surface area contributed by atoms with Crippen molar-refractivity contribution >= 4 is 20.3 Å². The maximum atomic E-state index is 15.0. The third kappa shape index (κ3) is 6.87. The lowest BCUT2D eigenvalue weighted by Gasteiger charge is -2.36. The fraction of sp³-hybridized carbons (Fsp3) is 0.481. The van der Waals surface area contributed by atoms with E-state index in [1.807, 2.05) is 18.2 Å². The zero-order chi connectivity index (χ0) is 27.4. The lowest BCUT2D eigenvalue weighted by Crippen LogP contribution is -2.45. The Kier molecular flexibility index (Phi) is 8.96. The van der Waals surface area contributed by atoms with Gasteiger partial charge >= 0.3 is 6.09 Å². The van der Waals surface area contributed by atoms with Crippen molar-refractivity contribution in [1.82, 2.24) is 10.2 Å². The average Bonchev–Trinajstić information content (AvgIpc) is 3.11. The molecule has 0 unspecified atom stereocenters. The monoisotopic (exact) mass is 534 g/mol. The third-order valence-corrected chi connectivity index (χ3v) is 11.7. The smallest absolute Gasteiger partial charge is 0.408 e. The Labute approximate surface area is 218 Å². The Morgan fingerprint density at radius 2 is 1.76 bits per heavy atom. The summed E-state index contributed by atoms with van der Waals surface area (Å²) in [6.45, 7) is 11.1. The maximum Gasteiger partial charge on any atom is 0.408 e. The van der Waals surface area contributed by atoms with Crippen LogP contribution in [0.1, 0.15) is 37.8 Å². The highest BCUT2D eigenvalue weighted by atomic mass is 28.4. The van der Waals surface area contributed by atoms with E-state index in [-0.39, 0.29) is 42.7 Å². The molecule has 1 aliphatic rings. The van der Waals surface area contributed by atoms with Crippen LogP contribution in [0.15, 0.2) is 42.5 Å². The number of carbonyl (C=O) groups excluding carboxylic acids is 2. The number of likely N-dealkylation sites (tertiary alicyclic amines) is 1. The van der Waals surface area contributed by atoms with Crippen molar-refractivity contribution in [2.75, 3.05) is 26.8 Å². The average molecular weight is 535 g/mol. The molecular weight excluding hydrogens is 498 g/mol. The van der Waals surface area contributed by atoms with Gasteiger partial charge in [-0.15, -0.1) is 0 Å². The van der Waals surface area contributed by atoms with E-state index in [2.05, 4.69) is 39.2 Å². The van der Waals surface area contributed by atoms with E-state index in [9.17, 15) is 9.59 Å². The molecule has 1 aliphatic heterocycles. The minimum atomic E-state index is -2.06. The van der Waals surface area contributed by atoms with Crippen LogP contribution in [0.25, 0.3) is 0 Å². The zero-order valence-corrected chi connectivity index (χ0v) is 23.3. The first-order valence-corrected chi connectivity index (χ1v) is 15.2. The molecule has 0 aromatic heterocycles. The van der Waals surface area contributed by atoms with Crippen molar-refractivity contribution in [1.29, 1.82) is 0 Å².